The summed E-state index contributed by atoms with van der Waals surface area (Å²) in [5.74, 6) is -3.92. The van der Waals surface area contributed by atoms with E-state index in [1.807, 2.05) is 30.3 Å². The average Bonchev–Trinajstić information content (AvgIpc) is 2.75. The topological polar surface area (TPSA) is 46.6 Å². The molecule has 0 N–H and O–H groups in total. The number of hydrogen-bond donors (Lipinski definition) is 0. The molecular weight excluding hydrogens is 407 g/mol. The van der Waals surface area contributed by atoms with Gasteiger partial charge in [-0.05, 0) is 49.3 Å². The van der Waals surface area contributed by atoms with E-state index in [9.17, 15) is 22.8 Å². The van der Waals surface area contributed by atoms with E-state index < -0.39 is 17.5 Å². The summed E-state index contributed by atoms with van der Waals surface area (Å²) in [6.45, 7) is 0.188. The summed E-state index contributed by atoms with van der Waals surface area (Å²) < 4.78 is 46.1. The molecule has 31 heavy (non-hydrogen) atoms. The minimum Gasteiger partial charge on any atom is -0.445 e. The van der Waals surface area contributed by atoms with E-state index in [0.29, 0.717) is 18.9 Å². The zero-order valence-electron chi connectivity index (χ0n) is 17.0. The summed E-state index contributed by atoms with van der Waals surface area (Å²) in [7, 11) is 0. The molecule has 2 unspecified atom stereocenters. The first-order valence-electron chi connectivity index (χ1n) is 10.6. The molecule has 2 fully saturated rings. The van der Waals surface area contributed by atoms with Crippen LogP contribution in [0.3, 0.4) is 0 Å². The quantitative estimate of drug-likeness (QED) is 0.613. The van der Waals surface area contributed by atoms with Crippen molar-refractivity contribution >= 4 is 11.9 Å². The number of benzene rings is 2. The average molecular weight is 431 g/mol. The second kappa shape index (κ2) is 9.12. The number of carbonyl (C=O) groups excluding carboxylic acids is 2. The van der Waals surface area contributed by atoms with E-state index >= 15 is 0 Å². The molecular formula is C24H24F3NO3. The minimum absolute atomic E-state index is 0.112. The van der Waals surface area contributed by atoms with Gasteiger partial charge in [0.25, 0.3) is 0 Å². The Morgan fingerprint density at radius 2 is 1.58 bits per heavy atom. The van der Waals surface area contributed by atoms with Crippen molar-refractivity contribution in [3.8, 4) is 0 Å². The van der Waals surface area contributed by atoms with Crippen molar-refractivity contribution in [2.24, 2.45) is 5.92 Å². The molecule has 1 amide bonds. The highest BCUT2D eigenvalue weighted by atomic mass is 19.2. The second-order valence-electron chi connectivity index (χ2n) is 8.36. The van der Waals surface area contributed by atoms with Crippen LogP contribution in [0.1, 0.15) is 43.2 Å². The third kappa shape index (κ3) is 4.75. The van der Waals surface area contributed by atoms with Gasteiger partial charge in [-0.2, -0.15) is 0 Å². The van der Waals surface area contributed by atoms with Crippen LogP contribution in [-0.4, -0.2) is 28.9 Å². The van der Waals surface area contributed by atoms with Crippen LogP contribution in [0.5, 0.6) is 0 Å². The number of fused-ring (bicyclic) bond motifs is 2. The van der Waals surface area contributed by atoms with Crippen LogP contribution < -0.4 is 0 Å². The fraction of sp³-hybridized carbons (Fsp3) is 0.417. The first kappa shape index (κ1) is 21.4. The van der Waals surface area contributed by atoms with Crippen LogP contribution in [0, 0.1) is 23.4 Å². The molecule has 7 heteroatoms. The highest BCUT2D eigenvalue weighted by Gasteiger charge is 2.43. The van der Waals surface area contributed by atoms with Crippen LogP contribution >= 0.6 is 0 Å². The fourth-order valence-corrected chi connectivity index (χ4v) is 4.77. The number of Topliss-reactive ketones (excluding diaryl/α,β-unsaturated/α-hetero) is 1. The van der Waals surface area contributed by atoms with E-state index in [2.05, 4.69) is 0 Å². The van der Waals surface area contributed by atoms with Gasteiger partial charge in [-0.3, -0.25) is 4.79 Å². The number of hydrogen-bond acceptors (Lipinski definition) is 3. The van der Waals surface area contributed by atoms with Crippen molar-refractivity contribution in [2.45, 2.75) is 57.2 Å². The van der Waals surface area contributed by atoms with Gasteiger partial charge in [0.15, 0.2) is 11.6 Å². The lowest BCUT2D eigenvalue weighted by Crippen LogP contribution is -2.55. The van der Waals surface area contributed by atoms with Gasteiger partial charge in [0.05, 0.1) is 0 Å². The molecule has 0 aromatic heterocycles. The molecule has 2 aromatic rings. The Hall–Kier alpha value is -2.83. The highest BCUT2D eigenvalue weighted by molar-refractivity contribution is 5.84. The zero-order valence-corrected chi connectivity index (χ0v) is 17.0. The van der Waals surface area contributed by atoms with Crippen LogP contribution in [0.4, 0.5) is 18.0 Å². The summed E-state index contributed by atoms with van der Waals surface area (Å²) in [6, 6.07) is 10.4. The van der Waals surface area contributed by atoms with Crippen molar-refractivity contribution in [3.63, 3.8) is 0 Å². The van der Waals surface area contributed by atoms with Gasteiger partial charge in [-0.1, -0.05) is 30.3 Å². The largest absolute Gasteiger partial charge is 0.445 e. The van der Waals surface area contributed by atoms with Gasteiger partial charge < -0.3 is 9.64 Å². The van der Waals surface area contributed by atoms with Crippen LogP contribution in [0.25, 0.3) is 0 Å². The van der Waals surface area contributed by atoms with Crippen molar-refractivity contribution in [2.75, 3.05) is 0 Å². The van der Waals surface area contributed by atoms with Crippen molar-refractivity contribution in [3.05, 3.63) is 71.0 Å². The lowest BCUT2D eigenvalue weighted by Gasteiger charge is -2.47. The number of amides is 1. The number of carbonyl (C=O) groups is 2. The first-order valence-corrected chi connectivity index (χ1v) is 10.6. The molecule has 4 nitrogen and oxygen atoms in total. The Balaban J connectivity index is 1.40. The SMILES string of the molecule is O=C(Cc1cc(F)c(F)cc1F)C1CC2CCCC(C1)N2C(=O)OCc1ccccc1. The van der Waals surface area contributed by atoms with Crippen LogP contribution in [0.2, 0.25) is 0 Å². The Labute approximate surface area is 179 Å². The van der Waals surface area contributed by atoms with Crippen molar-refractivity contribution in [1.29, 1.82) is 0 Å². The van der Waals surface area contributed by atoms with Gasteiger partial charge in [-0.15, -0.1) is 0 Å². The molecule has 4 rings (SSSR count). The molecule has 2 aromatic carbocycles. The Morgan fingerprint density at radius 1 is 0.935 bits per heavy atom. The maximum Gasteiger partial charge on any atom is 0.410 e. The third-order valence-electron chi connectivity index (χ3n) is 6.30. The summed E-state index contributed by atoms with van der Waals surface area (Å²) in [5.41, 5.74) is 0.762. The van der Waals surface area contributed by atoms with Crippen molar-refractivity contribution < 1.29 is 27.5 Å². The summed E-state index contributed by atoms with van der Waals surface area (Å²) >= 11 is 0. The molecule has 0 aliphatic carbocycles. The fourth-order valence-electron chi connectivity index (χ4n) is 4.77. The normalized spacial score (nSPS) is 22.8. The summed E-state index contributed by atoms with van der Waals surface area (Å²) in [6.07, 6.45) is 2.81. The molecule has 164 valence electrons. The maximum absolute atomic E-state index is 14.0. The van der Waals surface area contributed by atoms with E-state index in [0.717, 1.165) is 30.9 Å². The Morgan fingerprint density at radius 3 is 2.26 bits per heavy atom. The van der Waals surface area contributed by atoms with E-state index in [1.165, 1.54) is 0 Å². The Bertz CT molecular complexity index is 952. The van der Waals surface area contributed by atoms with Gasteiger partial charge in [0, 0.05) is 30.5 Å². The van der Waals surface area contributed by atoms with Crippen LogP contribution in [-0.2, 0) is 22.6 Å². The molecule has 2 heterocycles. The van der Waals surface area contributed by atoms with Crippen LogP contribution in [0.15, 0.2) is 42.5 Å². The number of piperidine rings is 2. The second-order valence-corrected chi connectivity index (χ2v) is 8.36. The molecule has 2 aliphatic rings. The maximum atomic E-state index is 14.0. The molecule has 2 saturated heterocycles. The molecule has 0 spiro atoms. The van der Waals surface area contributed by atoms with Gasteiger partial charge in [-0.25, -0.2) is 18.0 Å². The van der Waals surface area contributed by atoms with Gasteiger partial charge >= 0.3 is 6.09 Å². The zero-order chi connectivity index (χ0) is 22.0. The van der Waals surface area contributed by atoms with E-state index in [-0.39, 0.29) is 48.5 Å². The number of halogens is 3. The smallest absolute Gasteiger partial charge is 0.410 e. The molecule has 0 radical (unpaired) electrons. The first-order chi connectivity index (χ1) is 14.9. The van der Waals surface area contributed by atoms with Gasteiger partial charge in [0.2, 0.25) is 0 Å². The lowest BCUT2D eigenvalue weighted by atomic mass is 9.76. The van der Waals surface area contributed by atoms with E-state index in [4.69, 9.17) is 4.74 Å². The minimum atomic E-state index is -1.27. The van der Waals surface area contributed by atoms with E-state index in [1.54, 1.807) is 4.90 Å². The van der Waals surface area contributed by atoms with Crippen molar-refractivity contribution in [1.82, 2.24) is 4.90 Å². The predicted molar refractivity (Wildman–Crippen MR) is 108 cm³/mol. The number of ether oxygens (including phenoxy) is 1. The third-order valence-corrected chi connectivity index (χ3v) is 6.30. The number of ketones is 1. The molecule has 2 bridgehead atoms. The van der Waals surface area contributed by atoms with Gasteiger partial charge in [0.1, 0.15) is 18.2 Å². The lowest BCUT2D eigenvalue weighted by molar-refractivity contribution is -0.126. The predicted octanol–water partition coefficient (Wildman–Crippen LogP) is 5.19. The standard InChI is InChI=1S/C24H24F3NO3/c25-20-13-22(27)21(26)11-16(20)12-23(29)17-9-18-7-4-8-19(10-17)28(18)24(30)31-14-15-5-2-1-3-6-15/h1-3,5-6,11,13,17-19H,4,7-10,12,14H2. The summed E-state index contributed by atoms with van der Waals surface area (Å²) in [4.78, 5) is 27.3. The monoisotopic (exact) mass is 431 g/mol. The molecule has 2 aliphatic heterocycles. The highest BCUT2D eigenvalue weighted by Crippen LogP contribution is 2.38. The molecule has 2 atom stereocenters. The number of rotatable bonds is 5. The Kier molecular flexibility index (Phi) is 6.30. The summed E-state index contributed by atoms with van der Waals surface area (Å²) in [5, 5.41) is 0. The molecule has 0 saturated carbocycles. The number of nitrogens with zero attached hydrogens (tertiary/aromatic N) is 1.